The van der Waals surface area contributed by atoms with E-state index in [0.29, 0.717) is 24.2 Å². The first-order valence-electron chi connectivity index (χ1n) is 9.47. The average Bonchev–Trinajstić information content (AvgIpc) is 2.74. The summed E-state index contributed by atoms with van der Waals surface area (Å²) in [6.45, 7) is 2.11. The summed E-state index contributed by atoms with van der Waals surface area (Å²) in [5.41, 5.74) is 0.964. The van der Waals surface area contributed by atoms with Crippen LogP contribution >= 0.6 is 0 Å². The summed E-state index contributed by atoms with van der Waals surface area (Å²) in [5, 5.41) is 6.99. The number of hydrogen-bond acceptors (Lipinski definition) is 4. The van der Waals surface area contributed by atoms with Gasteiger partial charge in [-0.25, -0.2) is 13.5 Å². The van der Waals surface area contributed by atoms with Crippen LogP contribution in [0.5, 0.6) is 5.75 Å². The number of nitrogens with one attached hydrogen (secondary N) is 1. The largest absolute Gasteiger partial charge is 0.478 e. The van der Waals surface area contributed by atoms with Gasteiger partial charge in [0.15, 0.2) is 17.7 Å². The molecule has 156 valence electrons. The van der Waals surface area contributed by atoms with Crippen molar-refractivity contribution in [1.82, 2.24) is 15.1 Å². The number of hydrogen-bond donors (Lipinski definition) is 1. The molecule has 1 N–H and O–H groups in total. The minimum Gasteiger partial charge on any atom is -0.478 e. The zero-order valence-electron chi connectivity index (χ0n) is 16.3. The molecule has 0 unspecified atom stereocenters. The van der Waals surface area contributed by atoms with Crippen molar-refractivity contribution in [2.24, 2.45) is 0 Å². The second kappa shape index (κ2) is 9.78. The van der Waals surface area contributed by atoms with Gasteiger partial charge in [-0.05, 0) is 55.8 Å². The van der Waals surface area contributed by atoms with Gasteiger partial charge in [-0.3, -0.25) is 9.59 Å². The maximum atomic E-state index is 13.6. The fourth-order valence-corrected chi connectivity index (χ4v) is 2.75. The predicted molar refractivity (Wildman–Crippen MR) is 108 cm³/mol. The van der Waals surface area contributed by atoms with E-state index in [-0.39, 0.29) is 23.7 Å². The van der Waals surface area contributed by atoms with Crippen LogP contribution in [0.3, 0.4) is 0 Å². The molecule has 2 aromatic carbocycles. The van der Waals surface area contributed by atoms with E-state index in [1.165, 1.54) is 48.0 Å². The van der Waals surface area contributed by atoms with E-state index in [1.807, 2.05) is 0 Å². The molecule has 0 saturated heterocycles. The van der Waals surface area contributed by atoms with E-state index >= 15 is 0 Å². The van der Waals surface area contributed by atoms with Gasteiger partial charge in [0, 0.05) is 24.7 Å². The highest BCUT2D eigenvalue weighted by molar-refractivity contribution is 5.80. The number of ether oxygens (including phenoxy) is 1. The first kappa shape index (κ1) is 21.2. The number of aromatic nitrogens is 2. The molecule has 6 nitrogen and oxygen atoms in total. The number of rotatable bonds is 8. The summed E-state index contributed by atoms with van der Waals surface area (Å²) in [5.74, 6) is -1.27. The molecule has 1 aromatic heterocycles. The second-order valence-corrected chi connectivity index (χ2v) is 6.62. The molecule has 0 fully saturated rings. The third-order valence-electron chi connectivity index (χ3n) is 4.36. The number of carbonyl (C=O) groups excluding carboxylic acids is 1. The summed E-state index contributed by atoms with van der Waals surface area (Å²) in [6.07, 6.45) is -0.414. The molecular formula is C22H21F2N3O3. The minimum atomic E-state index is -0.871. The lowest BCUT2D eigenvalue weighted by atomic mass is 10.1. The summed E-state index contributed by atoms with van der Waals surface area (Å²) in [6, 6.07) is 14.7. The number of nitrogens with zero attached hydrogens (tertiary/aromatic N) is 2. The normalized spacial score (nSPS) is 11.7. The lowest BCUT2D eigenvalue weighted by molar-refractivity contribution is -0.127. The Morgan fingerprint density at radius 2 is 1.83 bits per heavy atom. The highest BCUT2D eigenvalue weighted by Crippen LogP contribution is 2.17. The van der Waals surface area contributed by atoms with Gasteiger partial charge in [-0.15, -0.1) is 0 Å². The average molecular weight is 413 g/mol. The quantitative estimate of drug-likeness (QED) is 0.576. The van der Waals surface area contributed by atoms with E-state index in [0.717, 1.165) is 0 Å². The summed E-state index contributed by atoms with van der Waals surface area (Å²) < 4.78 is 33.3. The Labute approximate surface area is 172 Å². The third-order valence-corrected chi connectivity index (χ3v) is 4.36. The van der Waals surface area contributed by atoms with Crippen molar-refractivity contribution >= 4 is 5.91 Å². The van der Waals surface area contributed by atoms with Crippen molar-refractivity contribution in [3.05, 3.63) is 82.7 Å². The molecule has 8 heteroatoms. The van der Waals surface area contributed by atoms with Crippen LogP contribution in [0.25, 0.3) is 11.3 Å². The van der Waals surface area contributed by atoms with Gasteiger partial charge < -0.3 is 10.1 Å². The van der Waals surface area contributed by atoms with Crippen molar-refractivity contribution in [2.75, 3.05) is 6.54 Å². The lowest BCUT2D eigenvalue weighted by Crippen LogP contribution is -2.37. The van der Waals surface area contributed by atoms with Crippen LogP contribution in [-0.2, 0) is 11.3 Å². The van der Waals surface area contributed by atoms with Gasteiger partial charge >= 0.3 is 0 Å². The van der Waals surface area contributed by atoms with Gasteiger partial charge in [0.25, 0.3) is 11.5 Å². The highest BCUT2D eigenvalue weighted by Gasteiger charge is 2.15. The van der Waals surface area contributed by atoms with Crippen molar-refractivity contribution < 1.29 is 18.3 Å². The van der Waals surface area contributed by atoms with Crippen LogP contribution in [-0.4, -0.2) is 28.3 Å². The van der Waals surface area contributed by atoms with Crippen LogP contribution in [0.4, 0.5) is 8.78 Å². The Bertz CT molecular complexity index is 1070. The maximum Gasteiger partial charge on any atom is 0.266 e. The molecule has 0 saturated carbocycles. The van der Waals surface area contributed by atoms with Gasteiger partial charge in [-0.2, -0.15) is 5.10 Å². The Kier molecular flexibility index (Phi) is 6.90. The van der Waals surface area contributed by atoms with E-state index < -0.39 is 17.8 Å². The number of amides is 1. The number of benzene rings is 2. The van der Waals surface area contributed by atoms with Crippen LogP contribution < -0.4 is 15.6 Å². The van der Waals surface area contributed by atoms with Crippen molar-refractivity contribution in [3.8, 4) is 17.0 Å². The van der Waals surface area contributed by atoms with Gasteiger partial charge in [-0.1, -0.05) is 12.1 Å². The van der Waals surface area contributed by atoms with E-state index in [2.05, 4.69) is 10.4 Å². The smallest absolute Gasteiger partial charge is 0.266 e. The first-order chi connectivity index (χ1) is 14.4. The van der Waals surface area contributed by atoms with Crippen LogP contribution in [0.15, 0.2) is 65.5 Å². The number of para-hydroxylation sites is 1. The summed E-state index contributed by atoms with van der Waals surface area (Å²) >= 11 is 0. The summed E-state index contributed by atoms with van der Waals surface area (Å²) in [7, 11) is 0. The SMILES string of the molecule is C[C@@H](Oc1ccccc1F)C(=O)NCCCn1nc(-c2ccc(F)cc2)ccc1=O. The minimum absolute atomic E-state index is 0.00788. The molecular weight excluding hydrogens is 392 g/mol. The number of carbonyl (C=O) groups is 1. The van der Waals surface area contributed by atoms with Crippen LogP contribution in [0, 0.1) is 11.6 Å². The molecule has 1 atom stereocenters. The molecule has 30 heavy (non-hydrogen) atoms. The Hall–Kier alpha value is -3.55. The Balaban J connectivity index is 1.52. The fourth-order valence-electron chi connectivity index (χ4n) is 2.75. The zero-order chi connectivity index (χ0) is 21.5. The number of halogens is 2. The standard InChI is InChI=1S/C22H21F2N3O3/c1-15(30-20-6-3-2-5-18(20)24)22(29)25-13-4-14-27-21(28)12-11-19(26-27)16-7-9-17(23)10-8-16/h2-3,5-12,15H,4,13-14H2,1H3,(H,25,29)/t15-/m1/s1. The molecule has 1 heterocycles. The van der Waals surface area contributed by atoms with E-state index in [1.54, 1.807) is 24.3 Å². The second-order valence-electron chi connectivity index (χ2n) is 6.62. The number of aryl methyl sites for hydroxylation is 1. The Morgan fingerprint density at radius 3 is 2.57 bits per heavy atom. The maximum absolute atomic E-state index is 13.6. The monoisotopic (exact) mass is 413 g/mol. The molecule has 3 aromatic rings. The molecule has 0 aliphatic carbocycles. The van der Waals surface area contributed by atoms with Crippen molar-refractivity contribution in [3.63, 3.8) is 0 Å². The van der Waals surface area contributed by atoms with Crippen LogP contribution in [0.2, 0.25) is 0 Å². The first-order valence-corrected chi connectivity index (χ1v) is 9.47. The van der Waals surface area contributed by atoms with Crippen molar-refractivity contribution in [2.45, 2.75) is 26.0 Å². The van der Waals surface area contributed by atoms with Gasteiger partial charge in [0.2, 0.25) is 0 Å². The van der Waals surface area contributed by atoms with Gasteiger partial charge in [0.1, 0.15) is 5.82 Å². The highest BCUT2D eigenvalue weighted by atomic mass is 19.1. The third kappa shape index (κ3) is 5.50. The molecule has 0 bridgehead atoms. The van der Waals surface area contributed by atoms with E-state index in [4.69, 9.17) is 4.74 Å². The summed E-state index contributed by atoms with van der Waals surface area (Å²) in [4.78, 5) is 24.2. The van der Waals surface area contributed by atoms with E-state index in [9.17, 15) is 18.4 Å². The predicted octanol–water partition coefficient (Wildman–Crippen LogP) is 3.16. The fraction of sp³-hybridized carbons (Fsp3) is 0.227. The van der Waals surface area contributed by atoms with Gasteiger partial charge in [0.05, 0.1) is 5.69 Å². The zero-order valence-corrected chi connectivity index (χ0v) is 16.3. The van der Waals surface area contributed by atoms with Crippen LogP contribution in [0.1, 0.15) is 13.3 Å². The molecule has 0 aliphatic rings. The molecule has 3 rings (SSSR count). The topological polar surface area (TPSA) is 73.2 Å². The Morgan fingerprint density at radius 1 is 1.10 bits per heavy atom. The van der Waals surface area contributed by atoms with Crippen molar-refractivity contribution in [1.29, 1.82) is 0 Å². The molecule has 1 amide bonds. The molecule has 0 spiro atoms. The molecule has 0 radical (unpaired) electrons. The molecule has 0 aliphatic heterocycles. The lowest BCUT2D eigenvalue weighted by Gasteiger charge is -2.15.